The van der Waals surface area contributed by atoms with Crippen molar-refractivity contribution in [1.29, 1.82) is 0 Å². The molecule has 4 rings (SSSR count). The molecule has 1 aliphatic rings. The highest BCUT2D eigenvalue weighted by Crippen LogP contribution is 2.35. The Balaban J connectivity index is 1.74. The third-order valence-electron chi connectivity index (χ3n) is 4.08. The summed E-state index contributed by atoms with van der Waals surface area (Å²) in [6.07, 6.45) is 4.30. The predicted molar refractivity (Wildman–Crippen MR) is 107 cm³/mol. The minimum atomic E-state index is 0.0736. The van der Waals surface area contributed by atoms with Crippen LogP contribution >= 0.6 is 31.9 Å². The van der Waals surface area contributed by atoms with Crippen LogP contribution in [0, 0.1) is 0 Å². The highest BCUT2D eigenvalue weighted by atomic mass is 79.9. The minimum Gasteiger partial charge on any atom is -0.223 e. The average molecular weight is 458 g/mol. The number of aromatic nitrogens is 2. The van der Waals surface area contributed by atoms with Gasteiger partial charge in [0.25, 0.3) is 0 Å². The lowest BCUT2D eigenvalue weighted by atomic mass is 9.99. The summed E-state index contributed by atoms with van der Waals surface area (Å²) < 4.78 is 1.91. The van der Waals surface area contributed by atoms with Crippen LogP contribution in [0.15, 0.2) is 81.0 Å². The van der Waals surface area contributed by atoms with E-state index >= 15 is 0 Å². The number of nitrogens with zero attached hydrogens (tertiary/aromatic N) is 4. The molecule has 1 aromatic heterocycles. The molecular weight excluding hydrogens is 444 g/mol. The number of benzene rings is 2. The van der Waals surface area contributed by atoms with Crippen LogP contribution in [0.5, 0.6) is 0 Å². The summed E-state index contributed by atoms with van der Waals surface area (Å²) in [5.41, 5.74) is 3.36. The van der Waals surface area contributed by atoms with Gasteiger partial charge in [-0.3, -0.25) is 0 Å². The van der Waals surface area contributed by atoms with Gasteiger partial charge < -0.3 is 0 Å². The Labute approximate surface area is 162 Å². The zero-order valence-corrected chi connectivity index (χ0v) is 16.4. The lowest BCUT2D eigenvalue weighted by molar-refractivity contribution is 0.686. The highest BCUT2D eigenvalue weighted by molar-refractivity contribution is 9.10. The van der Waals surface area contributed by atoms with Gasteiger partial charge in [-0.2, -0.15) is 5.10 Å². The van der Waals surface area contributed by atoms with Gasteiger partial charge in [0.1, 0.15) is 0 Å². The molecule has 1 atom stereocenters. The van der Waals surface area contributed by atoms with Crippen LogP contribution in [0.2, 0.25) is 0 Å². The van der Waals surface area contributed by atoms with E-state index in [0.717, 1.165) is 26.6 Å². The topological polar surface area (TPSA) is 41.4 Å². The molecule has 4 nitrogen and oxygen atoms in total. The van der Waals surface area contributed by atoms with Gasteiger partial charge in [-0.15, -0.1) is 0 Å². The number of anilines is 1. The first-order valence-corrected chi connectivity index (χ1v) is 9.44. The summed E-state index contributed by atoms with van der Waals surface area (Å²) in [7, 11) is 0. The number of hydrogen-bond donors (Lipinski definition) is 0. The maximum absolute atomic E-state index is 4.84. The van der Waals surface area contributed by atoms with E-state index in [1.165, 1.54) is 5.56 Å². The van der Waals surface area contributed by atoms with E-state index in [1.54, 1.807) is 12.4 Å². The minimum absolute atomic E-state index is 0.0736. The van der Waals surface area contributed by atoms with Gasteiger partial charge in [-0.25, -0.2) is 15.0 Å². The van der Waals surface area contributed by atoms with Crippen LogP contribution in [0.3, 0.4) is 0 Å². The summed E-state index contributed by atoms with van der Waals surface area (Å²) in [5, 5.41) is 6.75. The highest BCUT2D eigenvalue weighted by Gasteiger charge is 2.31. The maximum atomic E-state index is 4.84. The van der Waals surface area contributed by atoms with Crippen LogP contribution in [0.25, 0.3) is 0 Å². The van der Waals surface area contributed by atoms with E-state index in [9.17, 15) is 0 Å². The van der Waals surface area contributed by atoms with Gasteiger partial charge in [0.05, 0.1) is 16.2 Å². The molecule has 2 aromatic carbocycles. The van der Waals surface area contributed by atoms with Gasteiger partial charge >= 0.3 is 0 Å². The van der Waals surface area contributed by atoms with Crippen molar-refractivity contribution >= 4 is 43.5 Å². The molecule has 0 N–H and O–H groups in total. The van der Waals surface area contributed by atoms with Crippen molar-refractivity contribution in [2.75, 3.05) is 5.01 Å². The van der Waals surface area contributed by atoms with Crippen molar-refractivity contribution in [1.82, 2.24) is 9.97 Å². The molecule has 124 valence electrons. The molecule has 1 unspecified atom stereocenters. The molecule has 0 spiro atoms. The Morgan fingerprint density at radius 3 is 2.20 bits per heavy atom. The van der Waals surface area contributed by atoms with Crippen molar-refractivity contribution in [3.63, 3.8) is 0 Å². The van der Waals surface area contributed by atoms with Crippen molar-refractivity contribution in [3.05, 3.63) is 87.1 Å². The largest absolute Gasteiger partial charge is 0.246 e. The number of hydrogen-bond acceptors (Lipinski definition) is 4. The molecular formula is C19H14Br2N4. The normalized spacial score (nSPS) is 16.8. The molecule has 25 heavy (non-hydrogen) atoms. The summed E-state index contributed by atoms with van der Waals surface area (Å²) in [6, 6.07) is 18.7. The van der Waals surface area contributed by atoms with E-state index in [2.05, 4.69) is 78.2 Å². The van der Waals surface area contributed by atoms with Crippen LogP contribution < -0.4 is 5.01 Å². The van der Waals surface area contributed by atoms with E-state index in [0.29, 0.717) is 5.95 Å². The first-order chi connectivity index (χ1) is 12.2. The van der Waals surface area contributed by atoms with Crippen LogP contribution in [-0.2, 0) is 0 Å². The van der Waals surface area contributed by atoms with Gasteiger partial charge in [-0.05, 0) is 39.2 Å². The summed E-state index contributed by atoms with van der Waals surface area (Å²) >= 11 is 6.88. The van der Waals surface area contributed by atoms with E-state index in [4.69, 9.17) is 5.10 Å². The molecule has 0 bridgehead atoms. The van der Waals surface area contributed by atoms with Crippen molar-refractivity contribution in [2.45, 2.75) is 12.5 Å². The third-order valence-corrected chi connectivity index (χ3v) is 5.02. The molecule has 0 aliphatic carbocycles. The number of rotatable bonds is 3. The summed E-state index contributed by atoms with van der Waals surface area (Å²) in [4.78, 5) is 8.87. The van der Waals surface area contributed by atoms with Gasteiger partial charge in [-0.1, -0.05) is 58.4 Å². The summed E-state index contributed by atoms with van der Waals surface area (Å²) in [6.45, 7) is 0. The van der Waals surface area contributed by atoms with Crippen LogP contribution in [-0.4, -0.2) is 15.7 Å². The van der Waals surface area contributed by atoms with Crippen molar-refractivity contribution in [2.24, 2.45) is 5.10 Å². The molecule has 3 aromatic rings. The zero-order chi connectivity index (χ0) is 17.2. The smallest absolute Gasteiger partial charge is 0.223 e. The molecule has 2 heterocycles. The summed E-state index contributed by atoms with van der Waals surface area (Å²) in [5.74, 6) is 0.599. The Hall–Kier alpha value is -2.05. The predicted octanol–water partition coefficient (Wildman–Crippen LogP) is 5.36. The number of hydrazone groups is 1. The second kappa shape index (κ2) is 7.06. The Morgan fingerprint density at radius 1 is 0.840 bits per heavy atom. The molecule has 0 saturated heterocycles. The van der Waals surface area contributed by atoms with E-state index in [-0.39, 0.29) is 6.04 Å². The van der Waals surface area contributed by atoms with Gasteiger partial charge in [0, 0.05) is 23.3 Å². The van der Waals surface area contributed by atoms with Crippen molar-refractivity contribution in [3.8, 4) is 0 Å². The van der Waals surface area contributed by atoms with Gasteiger partial charge in [0.15, 0.2) is 0 Å². The fourth-order valence-corrected chi connectivity index (χ4v) is 3.34. The first kappa shape index (κ1) is 16.4. The van der Waals surface area contributed by atoms with Crippen LogP contribution in [0.4, 0.5) is 5.95 Å². The molecule has 0 saturated carbocycles. The maximum Gasteiger partial charge on any atom is 0.246 e. The molecule has 0 radical (unpaired) electrons. The molecule has 6 heteroatoms. The average Bonchev–Trinajstić information content (AvgIpc) is 3.09. The Kier molecular flexibility index (Phi) is 4.63. The zero-order valence-electron chi connectivity index (χ0n) is 13.2. The third kappa shape index (κ3) is 3.50. The SMILES string of the molecule is Brc1ccc(C2CC(c3ccccc3)=NN2c2ncc(Br)cn2)cc1. The monoisotopic (exact) mass is 456 g/mol. The molecule has 0 amide bonds. The van der Waals surface area contributed by atoms with E-state index in [1.807, 2.05) is 23.2 Å². The Bertz CT molecular complexity index is 893. The fraction of sp³-hybridized carbons (Fsp3) is 0.105. The van der Waals surface area contributed by atoms with E-state index < -0.39 is 0 Å². The van der Waals surface area contributed by atoms with Crippen molar-refractivity contribution < 1.29 is 0 Å². The molecule has 1 aliphatic heterocycles. The lowest BCUT2D eigenvalue weighted by Gasteiger charge is -2.21. The quantitative estimate of drug-likeness (QED) is 0.531. The second-order valence-corrected chi connectivity index (χ2v) is 7.56. The fourth-order valence-electron chi connectivity index (χ4n) is 2.87. The first-order valence-electron chi connectivity index (χ1n) is 7.86. The number of halogens is 2. The molecule has 0 fully saturated rings. The second-order valence-electron chi connectivity index (χ2n) is 5.73. The standard InChI is InChI=1S/C19H14Br2N4/c20-15-8-6-14(7-9-15)18-10-17(13-4-2-1-3-5-13)24-25(18)19-22-11-16(21)12-23-19/h1-9,11-12,18H,10H2. The Morgan fingerprint density at radius 2 is 1.52 bits per heavy atom. The van der Waals surface area contributed by atoms with Crippen LogP contribution in [0.1, 0.15) is 23.6 Å². The lowest BCUT2D eigenvalue weighted by Crippen LogP contribution is -2.20. The van der Waals surface area contributed by atoms with Gasteiger partial charge in [0.2, 0.25) is 5.95 Å².